The van der Waals surface area contributed by atoms with Gasteiger partial charge in [0.2, 0.25) is 0 Å². The van der Waals surface area contributed by atoms with Crippen molar-refractivity contribution in [1.82, 2.24) is 0 Å². The smallest absolute Gasteiger partial charge is 0.265 e. The summed E-state index contributed by atoms with van der Waals surface area (Å²) < 4.78 is 13.1. The Labute approximate surface area is 152 Å². The number of nitrogens with one attached hydrogen (secondary N) is 2. The summed E-state index contributed by atoms with van der Waals surface area (Å²) >= 11 is 7.24. The molecule has 0 atom stereocenters. The number of carbonyl (C=O) groups excluding carboxylic acids is 2. The Morgan fingerprint density at radius 1 is 0.960 bits per heavy atom. The molecule has 2 aromatic carbocycles. The summed E-state index contributed by atoms with van der Waals surface area (Å²) in [5.41, 5.74) is 1.14. The van der Waals surface area contributed by atoms with Crippen molar-refractivity contribution in [2.75, 3.05) is 10.6 Å². The van der Waals surface area contributed by atoms with Crippen molar-refractivity contribution in [1.29, 1.82) is 0 Å². The van der Waals surface area contributed by atoms with Gasteiger partial charge in [-0.2, -0.15) is 0 Å². The molecular weight excluding hydrogens is 363 g/mol. The van der Waals surface area contributed by atoms with E-state index in [0.29, 0.717) is 21.8 Å². The predicted octanol–water partition coefficient (Wildman–Crippen LogP) is 5.05. The maximum absolute atomic E-state index is 13.1. The fourth-order valence-electron chi connectivity index (χ4n) is 2.12. The van der Waals surface area contributed by atoms with Crippen LogP contribution in [0.15, 0.2) is 60.0 Å². The first-order valence-electron chi connectivity index (χ1n) is 7.24. The van der Waals surface area contributed by atoms with E-state index in [-0.39, 0.29) is 10.9 Å². The fourth-order valence-corrected chi connectivity index (χ4v) is 2.96. The van der Waals surface area contributed by atoms with E-state index in [1.807, 2.05) is 5.38 Å². The summed E-state index contributed by atoms with van der Waals surface area (Å²) in [7, 11) is 0. The van der Waals surface area contributed by atoms with E-state index < -0.39 is 11.7 Å². The zero-order valence-electron chi connectivity index (χ0n) is 12.8. The second-order valence-corrected chi connectivity index (χ2v) is 6.45. The molecule has 1 heterocycles. The van der Waals surface area contributed by atoms with Gasteiger partial charge in [0.1, 0.15) is 5.82 Å². The maximum atomic E-state index is 13.1. The van der Waals surface area contributed by atoms with Gasteiger partial charge in [-0.15, -0.1) is 11.3 Å². The van der Waals surface area contributed by atoms with E-state index in [1.54, 1.807) is 36.4 Å². The molecule has 0 aliphatic rings. The Balaban J connectivity index is 1.74. The van der Waals surface area contributed by atoms with Crippen LogP contribution in [0.2, 0.25) is 5.02 Å². The van der Waals surface area contributed by atoms with Crippen LogP contribution in [0.4, 0.5) is 15.8 Å². The average Bonchev–Trinajstić information content (AvgIpc) is 3.12. The maximum Gasteiger partial charge on any atom is 0.265 e. The Morgan fingerprint density at radius 2 is 1.80 bits per heavy atom. The van der Waals surface area contributed by atoms with Gasteiger partial charge >= 0.3 is 0 Å². The van der Waals surface area contributed by atoms with Gasteiger partial charge < -0.3 is 10.6 Å². The average molecular weight is 375 g/mol. The zero-order valence-corrected chi connectivity index (χ0v) is 14.3. The van der Waals surface area contributed by atoms with E-state index in [4.69, 9.17) is 11.6 Å². The van der Waals surface area contributed by atoms with E-state index in [1.165, 1.54) is 23.5 Å². The first-order chi connectivity index (χ1) is 12.0. The molecule has 0 bridgehead atoms. The highest BCUT2D eigenvalue weighted by Crippen LogP contribution is 2.23. The molecule has 0 fully saturated rings. The fraction of sp³-hybridized carbons (Fsp3) is 0. The molecular formula is C18H12ClFN2O2S. The van der Waals surface area contributed by atoms with Crippen molar-refractivity contribution in [3.63, 3.8) is 0 Å². The summed E-state index contributed by atoms with van der Waals surface area (Å²) in [4.78, 5) is 25.0. The van der Waals surface area contributed by atoms with Crippen LogP contribution in [0.25, 0.3) is 0 Å². The molecule has 4 nitrogen and oxygen atoms in total. The number of benzene rings is 2. The van der Waals surface area contributed by atoms with Crippen LogP contribution in [0.5, 0.6) is 0 Å². The van der Waals surface area contributed by atoms with Crippen molar-refractivity contribution < 1.29 is 14.0 Å². The summed E-state index contributed by atoms with van der Waals surface area (Å²) in [5, 5.41) is 7.27. The van der Waals surface area contributed by atoms with Gasteiger partial charge in [0.25, 0.3) is 11.8 Å². The van der Waals surface area contributed by atoms with Gasteiger partial charge in [-0.1, -0.05) is 23.7 Å². The Morgan fingerprint density at radius 3 is 2.52 bits per heavy atom. The van der Waals surface area contributed by atoms with E-state index in [2.05, 4.69) is 10.6 Å². The molecule has 25 heavy (non-hydrogen) atoms. The van der Waals surface area contributed by atoms with Crippen LogP contribution in [0.1, 0.15) is 20.0 Å². The molecule has 0 saturated heterocycles. The molecule has 0 saturated carbocycles. The van der Waals surface area contributed by atoms with Crippen LogP contribution in [-0.4, -0.2) is 11.8 Å². The molecule has 0 radical (unpaired) electrons. The highest BCUT2D eigenvalue weighted by molar-refractivity contribution is 7.12. The van der Waals surface area contributed by atoms with Gasteiger partial charge in [0, 0.05) is 11.3 Å². The first-order valence-corrected chi connectivity index (χ1v) is 8.50. The minimum atomic E-state index is -0.485. The second-order valence-electron chi connectivity index (χ2n) is 5.09. The standard InChI is InChI=1S/C18H12ClFN2O2S/c19-14-10-12(20)6-7-15(14)22-17(23)11-3-1-4-13(9-11)21-18(24)16-5-2-8-25-16/h1-10H,(H,21,24)(H,22,23). The summed E-state index contributed by atoms with van der Waals surface area (Å²) in [6, 6.07) is 13.7. The third-order valence-electron chi connectivity index (χ3n) is 3.31. The van der Waals surface area contributed by atoms with Crippen molar-refractivity contribution in [2.45, 2.75) is 0 Å². The lowest BCUT2D eigenvalue weighted by Gasteiger charge is -2.09. The van der Waals surface area contributed by atoms with Crippen LogP contribution >= 0.6 is 22.9 Å². The van der Waals surface area contributed by atoms with Crippen molar-refractivity contribution in [3.8, 4) is 0 Å². The lowest BCUT2D eigenvalue weighted by atomic mass is 10.1. The largest absolute Gasteiger partial charge is 0.321 e. The normalized spacial score (nSPS) is 10.3. The topological polar surface area (TPSA) is 58.2 Å². The molecule has 2 N–H and O–H groups in total. The van der Waals surface area contributed by atoms with Gasteiger partial charge in [0.15, 0.2) is 0 Å². The molecule has 0 aliphatic carbocycles. The number of anilines is 2. The Hall–Kier alpha value is -2.70. The molecule has 1 aromatic heterocycles. The van der Waals surface area contributed by atoms with Crippen molar-refractivity contribution in [3.05, 3.63) is 81.3 Å². The van der Waals surface area contributed by atoms with Crippen LogP contribution < -0.4 is 10.6 Å². The van der Waals surface area contributed by atoms with E-state index in [9.17, 15) is 14.0 Å². The minimum Gasteiger partial charge on any atom is -0.321 e. The lowest BCUT2D eigenvalue weighted by Crippen LogP contribution is -2.14. The highest BCUT2D eigenvalue weighted by atomic mass is 35.5. The summed E-state index contributed by atoms with van der Waals surface area (Å²) in [5.74, 6) is -1.14. The number of rotatable bonds is 4. The number of carbonyl (C=O) groups is 2. The molecule has 2 amide bonds. The summed E-state index contributed by atoms with van der Waals surface area (Å²) in [6.45, 7) is 0. The second kappa shape index (κ2) is 7.46. The van der Waals surface area contributed by atoms with Crippen molar-refractivity contribution in [2.24, 2.45) is 0 Å². The first kappa shape index (κ1) is 17.1. The third-order valence-corrected chi connectivity index (χ3v) is 4.49. The number of amides is 2. The number of hydrogen-bond acceptors (Lipinski definition) is 3. The molecule has 3 aromatic rings. The van der Waals surface area contributed by atoms with Crippen molar-refractivity contribution >= 4 is 46.1 Å². The van der Waals surface area contributed by atoms with Gasteiger partial charge in [0.05, 0.1) is 15.6 Å². The van der Waals surface area contributed by atoms with Gasteiger partial charge in [-0.25, -0.2) is 4.39 Å². The monoisotopic (exact) mass is 374 g/mol. The van der Waals surface area contributed by atoms with Crippen LogP contribution in [-0.2, 0) is 0 Å². The summed E-state index contributed by atoms with van der Waals surface area (Å²) in [6.07, 6.45) is 0. The number of hydrogen-bond donors (Lipinski definition) is 2. The highest BCUT2D eigenvalue weighted by Gasteiger charge is 2.11. The van der Waals surface area contributed by atoms with E-state index >= 15 is 0 Å². The van der Waals surface area contributed by atoms with E-state index in [0.717, 1.165) is 6.07 Å². The Kier molecular flexibility index (Phi) is 5.11. The molecule has 3 rings (SSSR count). The van der Waals surface area contributed by atoms with Gasteiger partial charge in [-0.05, 0) is 47.8 Å². The van der Waals surface area contributed by atoms with Crippen LogP contribution in [0, 0.1) is 5.82 Å². The zero-order chi connectivity index (χ0) is 17.8. The van der Waals surface area contributed by atoms with Gasteiger partial charge in [-0.3, -0.25) is 9.59 Å². The van der Waals surface area contributed by atoms with Crippen LogP contribution in [0.3, 0.4) is 0 Å². The third kappa shape index (κ3) is 4.23. The quantitative estimate of drug-likeness (QED) is 0.671. The lowest BCUT2D eigenvalue weighted by molar-refractivity contribution is 0.101. The SMILES string of the molecule is O=C(Nc1ccc(F)cc1Cl)c1cccc(NC(=O)c2cccs2)c1. The number of halogens is 2. The Bertz CT molecular complexity index is 929. The molecule has 126 valence electrons. The molecule has 0 spiro atoms. The molecule has 7 heteroatoms. The molecule has 0 aliphatic heterocycles. The minimum absolute atomic E-state index is 0.107. The number of thiophene rings is 1. The molecule has 0 unspecified atom stereocenters. The predicted molar refractivity (Wildman–Crippen MR) is 98.1 cm³/mol.